The van der Waals surface area contributed by atoms with E-state index in [9.17, 15) is 4.79 Å². The van der Waals surface area contributed by atoms with E-state index >= 15 is 0 Å². The molecule has 2 aromatic rings. The van der Waals surface area contributed by atoms with E-state index in [2.05, 4.69) is 22.0 Å². The molecule has 128 valence electrons. The maximum absolute atomic E-state index is 12.1. The molecular weight excluding hydrogens is 326 g/mol. The number of nitrogens with zero attached hydrogens (tertiary/aromatic N) is 3. The van der Waals surface area contributed by atoms with Crippen LogP contribution < -0.4 is 4.90 Å². The Kier molecular flexibility index (Phi) is 4.54. The van der Waals surface area contributed by atoms with Crippen molar-refractivity contribution in [3.8, 4) is 0 Å². The largest absolute Gasteiger partial charge is 0.444 e. The summed E-state index contributed by atoms with van der Waals surface area (Å²) in [6.07, 6.45) is 1.42. The van der Waals surface area contributed by atoms with E-state index in [0.717, 1.165) is 29.7 Å². The monoisotopic (exact) mass is 347 g/mol. The summed E-state index contributed by atoms with van der Waals surface area (Å²) in [5, 5.41) is 1.67. The molecule has 0 atom stereocenters. The molecule has 0 saturated carbocycles. The number of pyridine rings is 1. The Balaban J connectivity index is 1.66. The molecule has 3 rings (SSSR count). The molecule has 1 aromatic heterocycles. The number of amides is 1. The van der Waals surface area contributed by atoms with Crippen molar-refractivity contribution in [1.82, 2.24) is 9.88 Å². The highest BCUT2D eigenvalue weighted by atomic mass is 35.5. The summed E-state index contributed by atoms with van der Waals surface area (Å²) in [4.78, 5) is 20.5. The van der Waals surface area contributed by atoms with Crippen LogP contribution in [0.2, 0.25) is 5.02 Å². The summed E-state index contributed by atoms with van der Waals surface area (Å²) in [7, 11) is 0. The van der Waals surface area contributed by atoms with Gasteiger partial charge in [0.1, 0.15) is 5.60 Å². The lowest BCUT2D eigenvalue weighted by Gasteiger charge is -2.36. The van der Waals surface area contributed by atoms with Gasteiger partial charge in [0.2, 0.25) is 0 Å². The molecular formula is C18H22ClN3O2. The number of hydrogen-bond acceptors (Lipinski definition) is 4. The molecule has 1 fully saturated rings. The second-order valence-electron chi connectivity index (χ2n) is 6.98. The third-order valence-corrected chi connectivity index (χ3v) is 4.14. The number of hydrogen-bond donors (Lipinski definition) is 0. The molecule has 1 amide bonds. The summed E-state index contributed by atoms with van der Waals surface area (Å²) in [6.45, 7) is 8.51. The van der Waals surface area contributed by atoms with E-state index in [1.807, 2.05) is 32.9 Å². The van der Waals surface area contributed by atoms with Crippen molar-refractivity contribution in [2.24, 2.45) is 0 Å². The number of anilines is 1. The first-order chi connectivity index (χ1) is 11.3. The number of aromatic nitrogens is 1. The molecule has 0 N–H and O–H groups in total. The zero-order valence-electron chi connectivity index (χ0n) is 14.3. The normalized spacial score (nSPS) is 15.7. The van der Waals surface area contributed by atoms with Gasteiger partial charge in [-0.2, -0.15) is 0 Å². The van der Waals surface area contributed by atoms with Gasteiger partial charge in [-0.3, -0.25) is 4.98 Å². The van der Waals surface area contributed by atoms with E-state index in [1.54, 1.807) is 11.1 Å². The highest BCUT2D eigenvalue weighted by molar-refractivity contribution is 6.31. The second-order valence-corrected chi connectivity index (χ2v) is 7.42. The molecule has 2 heterocycles. The Morgan fingerprint density at radius 2 is 1.88 bits per heavy atom. The van der Waals surface area contributed by atoms with Gasteiger partial charge in [0.15, 0.2) is 0 Å². The highest BCUT2D eigenvalue weighted by Crippen LogP contribution is 2.24. The van der Waals surface area contributed by atoms with E-state index < -0.39 is 5.60 Å². The van der Waals surface area contributed by atoms with Crippen LogP contribution in [0.3, 0.4) is 0 Å². The predicted octanol–water partition coefficient (Wildman–Crippen LogP) is 3.95. The molecule has 1 aliphatic rings. The molecule has 24 heavy (non-hydrogen) atoms. The molecule has 0 radical (unpaired) electrons. The Labute approximate surface area is 147 Å². The first-order valence-corrected chi connectivity index (χ1v) is 8.48. The molecule has 0 spiro atoms. The maximum Gasteiger partial charge on any atom is 0.410 e. The van der Waals surface area contributed by atoms with Gasteiger partial charge in [0.05, 0.1) is 10.5 Å². The molecule has 1 aliphatic heterocycles. The van der Waals surface area contributed by atoms with Gasteiger partial charge in [-0.05, 0) is 39.0 Å². The fraction of sp³-hybridized carbons (Fsp3) is 0.444. The van der Waals surface area contributed by atoms with E-state index in [-0.39, 0.29) is 6.09 Å². The minimum atomic E-state index is -0.459. The number of piperazine rings is 1. The fourth-order valence-electron chi connectivity index (χ4n) is 2.75. The molecule has 1 saturated heterocycles. The van der Waals surface area contributed by atoms with Crippen molar-refractivity contribution in [2.75, 3.05) is 31.1 Å². The summed E-state index contributed by atoms with van der Waals surface area (Å²) in [5.74, 6) is 0. The van der Waals surface area contributed by atoms with Crippen LogP contribution in [0.25, 0.3) is 10.9 Å². The lowest BCUT2D eigenvalue weighted by atomic mass is 10.1. The predicted molar refractivity (Wildman–Crippen MR) is 96.8 cm³/mol. The number of ether oxygens (including phenoxy) is 1. The summed E-state index contributed by atoms with van der Waals surface area (Å²) < 4.78 is 5.43. The number of carbonyl (C=O) groups excluding carboxylic acids is 1. The Morgan fingerprint density at radius 1 is 1.17 bits per heavy atom. The van der Waals surface area contributed by atoms with Crippen LogP contribution in [-0.4, -0.2) is 47.8 Å². The minimum Gasteiger partial charge on any atom is -0.444 e. The van der Waals surface area contributed by atoms with Crippen LogP contribution in [-0.2, 0) is 4.74 Å². The average molecular weight is 348 g/mol. The van der Waals surface area contributed by atoms with Crippen LogP contribution in [0.5, 0.6) is 0 Å². The quantitative estimate of drug-likeness (QED) is 0.783. The zero-order valence-corrected chi connectivity index (χ0v) is 15.0. The number of halogens is 1. The van der Waals surface area contributed by atoms with Gasteiger partial charge in [0.25, 0.3) is 0 Å². The smallest absolute Gasteiger partial charge is 0.410 e. The SMILES string of the molecule is CC(C)(C)OC(=O)N1CCN(c2ccc3cc(Cl)cnc3c2)CC1. The molecule has 1 aromatic carbocycles. The molecule has 0 aliphatic carbocycles. The first-order valence-electron chi connectivity index (χ1n) is 8.10. The first kappa shape index (κ1) is 16.8. The number of rotatable bonds is 1. The molecule has 6 heteroatoms. The van der Waals surface area contributed by atoms with Crippen molar-refractivity contribution >= 4 is 34.3 Å². The third kappa shape index (κ3) is 3.90. The lowest BCUT2D eigenvalue weighted by Crippen LogP contribution is -2.50. The van der Waals surface area contributed by atoms with E-state index in [4.69, 9.17) is 16.3 Å². The third-order valence-electron chi connectivity index (χ3n) is 3.93. The lowest BCUT2D eigenvalue weighted by molar-refractivity contribution is 0.0240. The molecule has 0 unspecified atom stereocenters. The van der Waals surface area contributed by atoms with Gasteiger partial charge < -0.3 is 14.5 Å². The van der Waals surface area contributed by atoms with Crippen LogP contribution in [0.4, 0.5) is 10.5 Å². The van der Waals surface area contributed by atoms with Gasteiger partial charge >= 0.3 is 6.09 Å². The van der Waals surface area contributed by atoms with Gasteiger partial charge in [-0.15, -0.1) is 0 Å². The number of carbonyl (C=O) groups is 1. The van der Waals surface area contributed by atoms with Crippen molar-refractivity contribution in [1.29, 1.82) is 0 Å². The Morgan fingerprint density at radius 3 is 2.54 bits per heavy atom. The van der Waals surface area contributed by atoms with Crippen molar-refractivity contribution in [3.05, 3.63) is 35.5 Å². The maximum atomic E-state index is 12.1. The Hall–Kier alpha value is -2.01. The zero-order chi connectivity index (χ0) is 17.3. The van der Waals surface area contributed by atoms with E-state index in [1.165, 1.54) is 0 Å². The molecule has 5 nitrogen and oxygen atoms in total. The minimum absolute atomic E-state index is 0.239. The van der Waals surface area contributed by atoms with Gasteiger partial charge in [-0.1, -0.05) is 17.7 Å². The fourth-order valence-corrected chi connectivity index (χ4v) is 2.92. The van der Waals surface area contributed by atoms with Crippen LogP contribution in [0.1, 0.15) is 20.8 Å². The van der Waals surface area contributed by atoms with E-state index in [0.29, 0.717) is 18.1 Å². The van der Waals surface area contributed by atoms with Crippen molar-refractivity contribution < 1.29 is 9.53 Å². The summed E-state index contributed by atoms with van der Waals surface area (Å²) in [6, 6.07) is 8.08. The van der Waals surface area contributed by atoms with Crippen LogP contribution in [0.15, 0.2) is 30.5 Å². The highest BCUT2D eigenvalue weighted by Gasteiger charge is 2.26. The van der Waals surface area contributed by atoms with Crippen molar-refractivity contribution in [2.45, 2.75) is 26.4 Å². The topological polar surface area (TPSA) is 45.7 Å². The average Bonchev–Trinajstić information content (AvgIpc) is 2.53. The summed E-state index contributed by atoms with van der Waals surface area (Å²) in [5.41, 5.74) is 1.58. The van der Waals surface area contributed by atoms with Crippen LogP contribution >= 0.6 is 11.6 Å². The summed E-state index contributed by atoms with van der Waals surface area (Å²) >= 11 is 5.98. The van der Waals surface area contributed by atoms with Crippen molar-refractivity contribution in [3.63, 3.8) is 0 Å². The number of fused-ring (bicyclic) bond motifs is 1. The standard InChI is InChI=1S/C18H22ClN3O2/c1-18(2,3)24-17(23)22-8-6-21(7-9-22)15-5-4-13-10-14(19)12-20-16(13)11-15/h4-5,10-12H,6-9H2,1-3H3. The Bertz CT molecular complexity index is 750. The second kappa shape index (κ2) is 6.48. The molecule has 0 bridgehead atoms. The number of benzene rings is 1. The van der Waals surface area contributed by atoms with Crippen LogP contribution in [0, 0.1) is 0 Å². The van der Waals surface area contributed by atoms with Gasteiger partial charge in [0, 0.05) is 43.4 Å². The van der Waals surface area contributed by atoms with Gasteiger partial charge in [-0.25, -0.2) is 4.79 Å².